The fraction of sp³-hybridized carbons (Fsp3) is 0.867. The van der Waals surface area contributed by atoms with Crippen LogP contribution in [0.15, 0.2) is 0 Å². The standard InChI is InChI=1S/C15H26N4O2/c16-4-1-5-19(7-6-18-8-10-21-11-9-18)15(20)13-17-12-14-2-3-14/h14,17H,1-3,5-13H2. The van der Waals surface area contributed by atoms with Crippen LogP contribution in [0.3, 0.4) is 0 Å². The zero-order valence-electron chi connectivity index (χ0n) is 12.7. The molecule has 1 N–H and O–H groups in total. The lowest BCUT2D eigenvalue weighted by atomic mass is 10.3. The average molecular weight is 294 g/mol. The fourth-order valence-electron chi connectivity index (χ4n) is 2.45. The number of nitriles is 1. The first kappa shape index (κ1) is 16.2. The van der Waals surface area contributed by atoms with Gasteiger partial charge in [-0.3, -0.25) is 9.69 Å². The smallest absolute Gasteiger partial charge is 0.236 e. The lowest BCUT2D eigenvalue weighted by Gasteiger charge is -2.30. The molecule has 1 heterocycles. The Bertz CT molecular complexity index is 359. The van der Waals surface area contributed by atoms with E-state index in [9.17, 15) is 4.79 Å². The van der Waals surface area contributed by atoms with Crippen LogP contribution in [0.25, 0.3) is 0 Å². The molecular weight excluding hydrogens is 268 g/mol. The number of nitrogens with one attached hydrogen (secondary N) is 1. The van der Waals surface area contributed by atoms with Gasteiger partial charge in [0.15, 0.2) is 0 Å². The van der Waals surface area contributed by atoms with Crippen LogP contribution in [0.2, 0.25) is 0 Å². The highest BCUT2D eigenvalue weighted by Gasteiger charge is 2.21. The summed E-state index contributed by atoms with van der Waals surface area (Å²) < 4.78 is 5.33. The third kappa shape index (κ3) is 6.42. The molecule has 1 saturated heterocycles. The first-order valence-corrected chi connectivity index (χ1v) is 7.95. The molecule has 6 heteroatoms. The summed E-state index contributed by atoms with van der Waals surface area (Å²) in [5.41, 5.74) is 0. The molecule has 0 bridgehead atoms. The van der Waals surface area contributed by atoms with E-state index in [2.05, 4.69) is 16.3 Å². The summed E-state index contributed by atoms with van der Waals surface area (Å²) in [6, 6.07) is 2.13. The molecule has 0 aromatic heterocycles. The van der Waals surface area contributed by atoms with Gasteiger partial charge >= 0.3 is 0 Å². The van der Waals surface area contributed by atoms with Gasteiger partial charge in [-0.15, -0.1) is 0 Å². The van der Waals surface area contributed by atoms with Gasteiger partial charge in [-0.05, 0) is 25.3 Å². The predicted molar refractivity (Wildman–Crippen MR) is 79.7 cm³/mol. The lowest BCUT2D eigenvalue weighted by molar-refractivity contribution is -0.130. The number of amides is 1. The van der Waals surface area contributed by atoms with Crippen LogP contribution < -0.4 is 5.32 Å². The van der Waals surface area contributed by atoms with Gasteiger partial charge in [-0.1, -0.05) is 0 Å². The quantitative estimate of drug-likeness (QED) is 0.651. The van der Waals surface area contributed by atoms with Crippen LogP contribution >= 0.6 is 0 Å². The monoisotopic (exact) mass is 294 g/mol. The minimum Gasteiger partial charge on any atom is -0.379 e. The highest BCUT2D eigenvalue weighted by atomic mass is 16.5. The summed E-state index contributed by atoms with van der Waals surface area (Å²) in [4.78, 5) is 16.4. The molecule has 21 heavy (non-hydrogen) atoms. The molecule has 1 amide bonds. The Morgan fingerprint density at radius 3 is 2.76 bits per heavy atom. The van der Waals surface area contributed by atoms with Crippen molar-refractivity contribution < 1.29 is 9.53 Å². The van der Waals surface area contributed by atoms with E-state index in [0.29, 0.717) is 26.1 Å². The minimum atomic E-state index is 0.110. The zero-order valence-corrected chi connectivity index (χ0v) is 12.7. The molecule has 1 aliphatic heterocycles. The normalized spacial score (nSPS) is 19.2. The summed E-state index contributed by atoms with van der Waals surface area (Å²) in [5, 5.41) is 12.0. The maximum Gasteiger partial charge on any atom is 0.236 e. The molecule has 0 radical (unpaired) electrons. The Kier molecular flexibility index (Phi) is 6.93. The number of hydrogen-bond acceptors (Lipinski definition) is 5. The van der Waals surface area contributed by atoms with E-state index in [-0.39, 0.29) is 5.91 Å². The second-order valence-electron chi connectivity index (χ2n) is 5.82. The molecule has 6 nitrogen and oxygen atoms in total. The van der Waals surface area contributed by atoms with Crippen molar-refractivity contribution in [2.45, 2.75) is 19.3 Å². The molecule has 0 atom stereocenters. The van der Waals surface area contributed by atoms with E-state index in [0.717, 1.165) is 45.3 Å². The topological polar surface area (TPSA) is 68.6 Å². The van der Waals surface area contributed by atoms with Crippen LogP contribution in [-0.2, 0) is 9.53 Å². The van der Waals surface area contributed by atoms with Gasteiger partial charge in [0, 0.05) is 32.7 Å². The first-order chi connectivity index (χ1) is 10.3. The number of ether oxygens (including phenoxy) is 1. The highest BCUT2D eigenvalue weighted by molar-refractivity contribution is 5.78. The first-order valence-electron chi connectivity index (χ1n) is 7.95. The van der Waals surface area contributed by atoms with E-state index < -0.39 is 0 Å². The number of nitrogens with zero attached hydrogens (tertiary/aromatic N) is 3. The molecule has 2 fully saturated rings. The minimum absolute atomic E-state index is 0.110. The van der Waals surface area contributed by atoms with Crippen molar-refractivity contribution >= 4 is 5.91 Å². The molecule has 0 aromatic rings. The van der Waals surface area contributed by atoms with Crippen molar-refractivity contribution in [2.24, 2.45) is 5.92 Å². The number of rotatable bonds is 9. The maximum atomic E-state index is 12.2. The molecular formula is C15H26N4O2. The summed E-state index contributed by atoms with van der Waals surface area (Å²) in [6.07, 6.45) is 2.98. The van der Waals surface area contributed by atoms with E-state index in [1.54, 1.807) is 0 Å². The van der Waals surface area contributed by atoms with Gasteiger partial charge in [0.05, 0.1) is 32.2 Å². The Morgan fingerprint density at radius 1 is 1.33 bits per heavy atom. The fourth-order valence-corrected chi connectivity index (χ4v) is 2.45. The van der Waals surface area contributed by atoms with Crippen molar-refractivity contribution in [3.8, 4) is 6.07 Å². The molecule has 118 valence electrons. The lowest BCUT2D eigenvalue weighted by Crippen LogP contribution is -2.45. The highest BCUT2D eigenvalue weighted by Crippen LogP contribution is 2.27. The second-order valence-corrected chi connectivity index (χ2v) is 5.82. The van der Waals surface area contributed by atoms with E-state index in [4.69, 9.17) is 10.00 Å². The SMILES string of the molecule is N#CCCN(CCN1CCOCC1)C(=O)CNCC1CC1. The van der Waals surface area contributed by atoms with Gasteiger partial charge in [-0.2, -0.15) is 5.26 Å². The Morgan fingerprint density at radius 2 is 2.10 bits per heavy atom. The summed E-state index contributed by atoms with van der Waals surface area (Å²) in [6.45, 7) is 6.84. The molecule has 2 aliphatic rings. The van der Waals surface area contributed by atoms with Gasteiger partial charge in [0.25, 0.3) is 0 Å². The molecule has 1 saturated carbocycles. The third-order valence-electron chi connectivity index (χ3n) is 4.04. The van der Waals surface area contributed by atoms with Crippen molar-refractivity contribution in [1.82, 2.24) is 15.1 Å². The summed E-state index contributed by atoms with van der Waals surface area (Å²) in [7, 11) is 0. The molecule has 0 aromatic carbocycles. The predicted octanol–water partition coefficient (Wildman–Crippen LogP) is 0.0605. The van der Waals surface area contributed by atoms with Crippen molar-refractivity contribution in [3.63, 3.8) is 0 Å². The molecule has 1 aliphatic carbocycles. The third-order valence-corrected chi connectivity index (χ3v) is 4.04. The van der Waals surface area contributed by atoms with Gasteiger partial charge in [0.2, 0.25) is 5.91 Å². The van der Waals surface area contributed by atoms with Crippen molar-refractivity contribution in [1.29, 1.82) is 5.26 Å². The van der Waals surface area contributed by atoms with Crippen LogP contribution in [0.4, 0.5) is 0 Å². The number of carbonyl (C=O) groups is 1. The average Bonchev–Trinajstić information content (AvgIpc) is 3.32. The summed E-state index contributed by atoms with van der Waals surface area (Å²) >= 11 is 0. The van der Waals surface area contributed by atoms with Gasteiger partial charge in [0.1, 0.15) is 0 Å². The number of hydrogen-bond donors (Lipinski definition) is 1. The van der Waals surface area contributed by atoms with E-state index in [1.165, 1.54) is 12.8 Å². The van der Waals surface area contributed by atoms with Crippen LogP contribution in [0.1, 0.15) is 19.3 Å². The number of carbonyl (C=O) groups excluding carboxylic acids is 1. The summed E-state index contributed by atoms with van der Waals surface area (Å²) in [5.74, 6) is 0.887. The van der Waals surface area contributed by atoms with E-state index in [1.807, 2.05) is 4.90 Å². The van der Waals surface area contributed by atoms with Gasteiger partial charge < -0.3 is 15.0 Å². The zero-order chi connectivity index (χ0) is 14.9. The van der Waals surface area contributed by atoms with Crippen molar-refractivity contribution in [3.05, 3.63) is 0 Å². The largest absolute Gasteiger partial charge is 0.379 e. The second kappa shape index (κ2) is 8.98. The van der Waals surface area contributed by atoms with Crippen LogP contribution in [0.5, 0.6) is 0 Å². The maximum absolute atomic E-state index is 12.2. The van der Waals surface area contributed by atoms with E-state index >= 15 is 0 Å². The number of morpholine rings is 1. The Labute approximate surface area is 127 Å². The van der Waals surface area contributed by atoms with Crippen molar-refractivity contribution in [2.75, 3.05) is 59.0 Å². The van der Waals surface area contributed by atoms with Crippen LogP contribution in [0, 0.1) is 17.2 Å². The van der Waals surface area contributed by atoms with Gasteiger partial charge in [-0.25, -0.2) is 0 Å². The molecule has 0 spiro atoms. The Balaban J connectivity index is 1.69. The molecule has 2 rings (SSSR count). The molecule has 0 unspecified atom stereocenters. The van der Waals surface area contributed by atoms with Crippen LogP contribution in [-0.4, -0.2) is 74.7 Å². The Hall–Kier alpha value is -1.16.